The van der Waals surface area contributed by atoms with E-state index in [1.54, 1.807) is 4.68 Å². The molecule has 0 radical (unpaired) electrons. The Hall–Kier alpha value is -3.59. The number of aromatic nitrogens is 6. The number of ether oxygens (including phenoxy) is 1. The number of hydrogen-bond acceptors (Lipinski definition) is 6. The van der Waals surface area contributed by atoms with Gasteiger partial charge in [0, 0.05) is 12.3 Å². The van der Waals surface area contributed by atoms with E-state index in [9.17, 15) is 4.79 Å². The van der Waals surface area contributed by atoms with Crippen molar-refractivity contribution >= 4 is 22.8 Å². The van der Waals surface area contributed by atoms with E-state index in [4.69, 9.17) is 4.74 Å². The number of anilines is 1. The van der Waals surface area contributed by atoms with E-state index in [1.807, 2.05) is 44.2 Å². The van der Waals surface area contributed by atoms with Crippen molar-refractivity contribution in [1.82, 2.24) is 29.3 Å². The minimum absolute atomic E-state index is 0.0891. The van der Waals surface area contributed by atoms with Crippen molar-refractivity contribution in [3.8, 4) is 5.69 Å². The average molecular weight is 432 g/mol. The van der Waals surface area contributed by atoms with Crippen molar-refractivity contribution in [2.24, 2.45) is 0 Å². The van der Waals surface area contributed by atoms with Crippen LogP contribution in [0.1, 0.15) is 40.5 Å². The zero-order valence-corrected chi connectivity index (χ0v) is 18.4. The van der Waals surface area contributed by atoms with Gasteiger partial charge in [-0.05, 0) is 51.3 Å². The fourth-order valence-corrected chi connectivity index (χ4v) is 4.24. The van der Waals surface area contributed by atoms with Crippen LogP contribution in [-0.4, -0.2) is 47.9 Å². The Balaban J connectivity index is 1.46. The average Bonchev–Trinajstić information content (AvgIpc) is 3.51. The van der Waals surface area contributed by atoms with Gasteiger partial charge in [-0.2, -0.15) is 0 Å². The van der Waals surface area contributed by atoms with Crippen molar-refractivity contribution in [3.05, 3.63) is 59.6 Å². The molecule has 1 aliphatic rings. The van der Waals surface area contributed by atoms with Gasteiger partial charge in [-0.25, -0.2) is 19.6 Å². The number of hydrogen-bond donors (Lipinski definition) is 1. The molecular weight excluding hydrogens is 406 g/mol. The van der Waals surface area contributed by atoms with Crippen molar-refractivity contribution in [1.29, 1.82) is 0 Å². The number of rotatable bonds is 5. The molecule has 9 nitrogen and oxygen atoms in total. The Bertz CT molecular complexity index is 1290. The van der Waals surface area contributed by atoms with Crippen LogP contribution in [0.4, 0.5) is 5.82 Å². The van der Waals surface area contributed by atoms with E-state index in [1.165, 1.54) is 6.33 Å². The molecule has 4 heterocycles. The fraction of sp³-hybridized carbons (Fsp3) is 0.348. The highest BCUT2D eigenvalue weighted by Gasteiger charge is 2.23. The first kappa shape index (κ1) is 20.3. The maximum atomic E-state index is 13.0. The summed E-state index contributed by atoms with van der Waals surface area (Å²) in [5.41, 5.74) is 3.76. The number of nitrogens with zero attached hydrogens (tertiary/aromatic N) is 6. The van der Waals surface area contributed by atoms with E-state index in [-0.39, 0.29) is 11.9 Å². The highest BCUT2D eigenvalue weighted by atomic mass is 16.5. The molecule has 1 N–H and O–H groups in total. The molecule has 32 heavy (non-hydrogen) atoms. The molecule has 0 saturated carbocycles. The summed E-state index contributed by atoms with van der Waals surface area (Å²) in [6.07, 6.45) is 3.79. The number of nitrogens with one attached hydrogen (secondary N) is 1. The Kier molecular flexibility index (Phi) is 5.18. The lowest BCUT2D eigenvalue weighted by Gasteiger charge is -2.13. The molecule has 0 unspecified atom stereocenters. The van der Waals surface area contributed by atoms with Crippen LogP contribution in [0.25, 0.3) is 16.7 Å². The van der Waals surface area contributed by atoms with Crippen LogP contribution in [0.15, 0.2) is 36.7 Å². The van der Waals surface area contributed by atoms with Gasteiger partial charge >= 0.3 is 0 Å². The molecule has 1 amide bonds. The maximum Gasteiger partial charge on any atom is 0.296 e. The maximum absolute atomic E-state index is 13.0. The van der Waals surface area contributed by atoms with Gasteiger partial charge < -0.3 is 14.6 Å². The second-order valence-electron chi connectivity index (χ2n) is 8.06. The van der Waals surface area contributed by atoms with Crippen LogP contribution in [0.3, 0.4) is 0 Å². The van der Waals surface area contributed by atoms with Gasteiger partial charge in [0.05, 0.1) is 23.7 Å². The molecule has 0 spiro atoms. The molecule has 9 heteroatoms. The molecule has 1 fully saturated rings. The van der Waals surface area contributed by atoms with E-state index in [2.05, 4.69) is 36.9 Å². The Morgan fingerprint density at radius 2 is 2.00 bits per heavy atom. The molecule has 0 bridgehead atoms. The molecular formula is C23H25N7O2. The number of benzene rings is 1. The third-order valence-corrected chi connectivity index (χ3v) is 6.02. The van der Waals surface area contributed by atoms with Gasteiger partial charge in [0.1, 0.15) is 23.6 Å². The number of amides is 1. The Labute approximate surface area is 185 Å². The van der Waals surface area contributed by atoms with Crippen molar-refractivity contribution < 1.29 is 9.53 Å². The summed E-state index contributed by atoms with van der Waals surface area (Å²) in [4.78, 5) is 26.2. The molecule has 1 atom stereocenters. The standard InChI is InChI=1S/C23H25N7O2/c1-14-15(2)29(12-18-10-7-11-32-18)22-19(14)20(24-13-25-22)27-23(31)21-26-16(3)30(28-21)17-8-5-4-6-9-17/h4-6,8-9,13,18H,7,10-12H2,1-3H3,(H,24,25,27,31)/t18-/m1/s1. The van der Waals surface area contributed by atoms with E-state index < -0.39 is 5.91 Å². The van der Waals surface area contributed by atoms with E-state index in [0.29, 0.717) is 11.6 Å². The minimum Gasteiger partial charge on any atom is -0.376 e. The van der Waals surface area contributed by atoms with Crippen LogP contribution in [-0.2, 0) is 11.3 Å². The lowest BCUT2D eigenvalue weighted by atomic mass is 10.2. The Morgan fingerprint density at radius 1 is 1.19 bits per heavy atom. The van der Waals surface area contributed by atoms with Crippen LogP contribution < -0.4 is 5.32 Å². The zero-order valence-electron chi connectivity index (χ0n) is 18.4. The second kappa shape index (κ2) is 8.16. The van der Waals surface area contributed by atoms with Crippen molar-refractivity contribution in [2.75, 3.05) is 11.9 Å². The summed E-state index contributed by atoms with van der Waals surface area (Å²) >= 11 is 0. The molecule has 164 valence electrons. The third kappa shape index (κ3) is 3.54. The lowest BCUT2D eigenvalue weighted by Crippen LogP contribution is -2.17. The van der Waals surface area contributed by atoms with Gasteiger partial charge in [-0.15, -0.1) is 5.10 Å². The Morgan fingerprint density at radius 3 is 2.75 bits per heavy atom. The molecule has 1 aromatic carbocycles. The summed E-state index contributed by atoms with van der Waals surface area (Å²) in [5.74, 6) is 0.766. The van der Waals surface area contributed by atoms with Gasteiger partial charge in [0.15, 0.2) is 0 Å². The number of para-hydroxylation sites is 1. The number of carbonyl (C=O) groups excluding carboxylic acids is 1. The van der Waals surface area contributed by atoms with Crippen LogP contribution >= 0.6 is 0 Å². The predicted octanol–water partition coefficient (Wildman–Crippen LogP) is 3.37. The first-order valence-corrected chi connectivity index (χ1v) is 10.8. The van der Waals surface area contributed by atoms with Crippen LogP contribution in [0, 0.1) is 20.8 Å². The van der Waals surface area contributed by atoms with Gasteiger partial charge in [-0.1, -0.05) is 18.2 Å². The third-order valence-electron chi connectivity index (χ3n) is 6.02. The molecule has 4 aromatic rings. The van der Waals surface area contributed by atoms with Crippen molar-refractivity contribution in [3.63, 3.8) is 0 Å². The first-order chi connectivity index (χ1) is 15.5. The molecule has 5 rings (SSSR count). The summed E-state index contributed by atoms with van der Waals surface area (Å²) < 4.78 is 9.63. The number of fused-ring (bicyclic) bond motifs is 1. The largest absolute Gasteiger partial charge is 0.376 e. The van der Waals surface area contributed by atoms with Crippen LogP contribution in [0.5, 0.6) is 0 Å². The summed E-state index contributed by atoms with van der Waals surface area (Å²) in [7, 11) is 0. The lowest BCUT2D eigenvalue weighted by molar-refractivity contribution is 0.0974. The molecule has 3 aromatic heterocycles. The van der Waals surface area contributed by atoms with E-state index >= 15 is 0 Å². The van der Waals surface area contributed by atoms with Gasteiger partial charge in [0.2, 0.25) is 5.82 Å². The highest BCUT2D eigenvalue weighted by Crippen LogP contribution is 2.30. The quantitative estimate of drug-likeness (QED) is 0.520. The monoisotopic (exact) mass is 431 g/mol. The first-order valence-electron chi connectivity index (χ1n) is 10.8. The normalized spacial score (nSPS) is 16.0. The fourth-order valence-electron chi connectivity index (χ4n) is 4.24. The summed E-state index contributed by atoms with van der Waals surface area (Å²) in [6.45, 7) is 7.45. The minimum atomic E-state index is -0.410. The van der Waals surface area contributed by atoms with Crippen LogP contribution in [0.2, 0.25) is 0 Å². The topological polar surface area (TPSA) is 99.7 Å². The highest BCUT2D eigenvalue weighted by molar-refractivity contribution is 6.06. The number of aryl methyl sites for hydroxylation is 2. The molecule has 1 aliphatic heterocycles. The summed E-state index contributed by atoms with van der Waals surface area (Å²) in [6, 6.07) is 9.60. The van der Waals surface area contributed by atoms with E-state index in [0.717, 1.165) is 54.0 Å². The summed E-state index contributed by atoms with van der Waals surface area (Å²) in [5, 5.41) is 8.12. The van der Waals surface area contributed by atoms with Crippen molar-refractivity contribution in [2.45, 2.75) is 46.3 Å². The molecule has 1 saturated heterocycles. The van der Waals surface area contributed by atoms with Gasteiger partial charge in [-0.3, -0.25) is 4.79 Å². The smallest absolute Gasteiger partial charge is 0.296 e. The van der Waals surface area contributed by atoms with Gasteiger partial charge in [0.25, 0.3) is 5.91 Å². The molecule has 0 aliphatic carbocycles. The second-order valence-corrected chi connectivity index (χ2v) is 8.06. The zero-order chi connectivity index (χ0) is 22.2. The predicted molar refractivity (Wildman–Crippen MR) is 120 cm³/mol. The number of carbonyl (C=O) groups is 1. The SMILES string of the molecule is Cc1c(C)n(C[C@H]2CCCO2)c2ncnc(NC(=O)c3nc(C)n(-c4ccccc4)n3)c12.